The summed E-state index contributed by atoms with van der Waals surface area (Å²) in [5.74, 6) is 0. The summed E-state index contributed by atoms with van der Waals surface area (Å²) in [5.41, 5.74) is 6.07. The van der Waals surface area contributed by atoms with Gasteiger partial charge in [0.25, 0.3) is 0 Å². The molecule has 0 saturated carbocycles. The summed E-state index contributed by atoms with van der Waals surface area (Å²) < 4.78 is 1.98. The minimum Gasteiger partial charge on any atom is -0.267 e. The summed E-state index contributed by atoms with van der Waals surface area (Å²) in [4.78, 5) is 9.00. The molecule has 0 N–H and O–H groups in total. The molecule has 0 radical (unpaired) electrons. The average Bonchev–Trinajstić information content (AvgIpc) is 3.21. The largest absolute Gasteiger partial charge is 0.267 e. The van der Waals surface area contributed by atoms with Crippen LogP contribution >= 0.6 is 0 Å². The Morgan fingerprint density at radius 1 is 0.800 bits per heavy atom. The molecule has 30 heavy (non-hydrogen) atoms. The molecule has 0 spiro atoms. The molecule has 5 rings (SSSR count). The third-order valence-electron chi connectivity index (χ3n) is 4.97. The van der Waals surface area contributed by atoms with E-state index in [9.17, 15) is 0 Å². The fraction of sp³-hybridized carbons (Fsp3) is 0.0385. The van der Waals surface area contributed by atoms with Crippen LogP contribution in [0.3, 0.4) is 0 Å². The van der Waals surface area contributed by atoms with Crippen molar-refractivity contribution in [2.45, 2.75) is 6.54 Å². The van der Waals surface area contributed by atoms with Crippen LogP contribution in [0.25, 0.3) is 34.3 Å². The monoisotopic (exact) mass is 388 g/mol. The molecule has 2 aromatic carbocycles. The first-order chi connectivity index (χ1) is 14.8. The summed E-state index contributed by atoms with van der Waals surface area (Å²) in [6.45, 7) is 0.718. The van der Waals surface area contributed by atoms with E-state index in [1.807, 2.05) is 71.6 Å². The minimum absolute atomic E-state index is 0.718. The van der Waals surface area contributed by atoms with Crippen molar-refractivity contribution in [3.63, 3.8) is 0 Å². The van der Waals surface area contributed by atoms with Gasteiger partial charge < -0.3 is 0 Å². The molecule has 0 aliphatic rings. The van der Waals surface area contributed by atoms with E-state index in [-0.39, 0.29) is 0 Å². The first-order valence-corrected chi connectivity index (χ1v) is 9.91. The molecule has 0 amide bonds. The number of hydrogen-bond acceptors (Lipinski definition) is 3. The molecule has 4 heteroatoms. The van der Waals surface area contributed by atoms with Crippen LogP contribution in [0.5, 0.6) is 0 Å². The molecule has 0 aliphatic heterocycles. The molecule has 0 atom stereocenters. The zero-order valence-electron chi connectivity index (χ0n) is 16.4. The minimum atomic E-state index is 0.718. The van der Waals surface area contributed by atoms with Gasteiger partial charge in [0.1, 0.15) is 5.69 Å². The van der Waals surface area contributed by atoms with E-state index in [1.165, 1.54) is 5.56 Å². The van der Waals surface area contributed by atoms with Gasteiger partial charge in [-0.05, 0) is 42.0 Å². The molecule has 0 fully saturated rings. The molecule has 0 aliphatic carbocycles. The van der Waals surface area contributed by atoms with E-state index in [4.69, 9.17) is 10.1 Å². The Hall–Kier alpha value is -4.05. The van der Waals surface area contributed by atoms with Crippen LogP contribution in [-0.4, -0.2) is 19.7 Å². The fourth-order valence-corrected chi connectivity index (χ4v) is 3.49. The van der Waals surface area contributed by atoms with Gasteiger partial charge in [0.05, 0.1) is 17.8 Å². The van der Waals surface area contributed by atoms with Crippen LogP contribution < -0.4 is 0 Å². The van der Waals surface area contributed by atoms with Crippen molar-refractivity contribution in [2.75, 3.05) is 0 Å². The maximum absolute atomic E-state index is 4.84. The molecule has 4 nitrogen and oxygen atoms in total. The topological polar surface area (TPSA) is 43.6 Å². The molecular weight excluding hydrogens is 368 g/mol. The second-order valence-corrected chi connectivity index (χ2v) is 7.12. The maximum atomic E-state index is 4.84. The Labute approximate surface area is 175 Å². The van der Waals surface area contributed by atoms with Gasteiger partial charge in [-0.3, -0.25) is 9.67 Å². The molecule has 144 valence electrons. The van der Waals surface area contributed by atoms with Gasteiger partial charge in [0.15, 0.2) is 0 Å². The highest BCUT2D eigenvalue weighted by Gasteiger charge is 2.10. The Morgan fingerprint density at radius 3 is 2.53 bits per heavy atom. The standard InChI is InChI=1S/C26H20N4/c1-2-7-20(8-3-1)18-30-19-23(26(29-30)22-10-6-16-27-17-22)13-15-24-14-12-21-9-4-5-11-25(21)28-24/h1-17,19H,18H2. The van der Waals surface area contributed by atoms with Gasteiger partial charge in [0.2, 0.25) is 0 Å². The number of benzene rings is 2. The zero-order valence-corrected chi connectivity index (χ0v) is 16.4. The Balaban J connectivity index is 1.51. The van der Waals surface area contributed by atoms with E-state index in [2.05, 4.69) is 41.5 Å². The van der Waals surface area contributed by atoms with Gasteiger partial charge in [-0.25, -0.2) is 4.98 Å². The van der Waals surface area contributed by atoms with Gasteiger partial charge in [-0.15, -0.1) is 0 Å². The number of rotatable bonds is 5. The molecule has 3 aromatic heterocycles. The van der Waals surface area contributed by atoms with Crippen LogP contribution in [0.4, 0.5) is 0 Å². The SMILES string of the molecule is C(=Cc1cn(Cc2ccccc2)nc1-c1cccnc1)c1ccc2ccccc2n1. The van der Waals surface area contributed by atoms with Gasteiger partial charge >= 0.3 is 0 Å². The predicted molar refractivity (Wildman–Crippen MR) is 122 cm³/mol. The lowest BCUT2D eigenvalue weighted by molar-refractivity contribution is 0.689. The summed E-state index contributed by atoms with van der Waals surface area (Å²) in [6, 6.07) is 26.6. The highest BCUT2D eigenvalue weighted by molar-refractivity contribution is 5.82. The van der Waals surface area contributed by atoms with Gasteiger partial charge in [-0.1, -0.05) is 54.6 Å². The van der Waals surface area contributed by atoms with Gasteiger partial charge in [0, 0.05) is 35.1 Å². The van der Waals surface area contributed by atoms with Crippen LogP contribution in [0.15, 0.2) is 97.5 Å². The van der Waals surface area contributed by atoms with Crippen LogP contribution in [0, 0.1) is 0 Å². The third kappa shape index (κ3) is 3.89. The second-order valence-electron chi connectivity index (χ2n) is 7.12. The lowest BCUT2D eigenvalue weighted by Gasteiger charge is -2.01. The highest BCUT2D eigenvalue weighted by Crippen LogP contribution is 2.24. The smallest absolute Gasteiger partial charge is 0.101 e. The number of aromatic nitrogens is 4. The second kappa shape index (κ2) is 8.13. The van der Waals surface area contributed by atoms with Crippen molar-refractivity contribution < 1.29 is 0 Å². The quantitative estimate of drug-likeness (QED) is 0.387. The third-order valence-corrected chi connectivity index (χ3v) is 4.97. The number of pyridine rings is 2. The number of hydrogen-bond donors (Lipinski definition) is 0. The predicted octanol–water partition coefficient (Wildman–Crippen LogP) is 5.71. The molecule has 5 aromatic rings. The first-order valence-electron chi connectivity index (χ1n) is 9.91. The van der Waals surface area contributed by atoms with Crippen molar-refractivity contribution in [1.82, 2.24) is 19.7 Å². The Morgan fingerprint density at radius 2 is 1.67 bits per heavy atom. The van der Waals surface area contributed by atoms with E-state index >= 15 is 0 Å². The summed E-state index contributed by atoms with van der Waals surface area (Å²) >= 11 is 0. The van der Waals surface area contributed by atoms with Crippen molar-refractivity contribution in [1.29, 1.82) is 0 Å². The number of fused-ring (bicyclic) bond motifs is 1. The van der Waals surface area contributed by atoms with Crippen molar-refractivity contribution in [2.24, 2.45) is 0 Å². The lowest BCUT2D eigenvalue weighted by Crippen LogP contribution is -2.00. The van der Waals surface area contributed by atoms with E-state index in [0.717, 1.165) is 40.0 Å². The summed E-state index contributed by atoms with van der Waals surface area (Å²) in [7, 11) is 0. The van der Waals surface area contributed by atoms with Crippen molar-refractivity contribution in [3.8, 4) is 11.3 Å². The zero-order chi connectivity index (χ0) is 20.2. The highest BCUT2D eigenvalue weighted by atomic mass is 15.3. The van der Waals surface area contributed by atoms with Crippen LogP contribution in [0.1, 0.15) is 16.8 Å². The average molecular weight is 388 g/mol. The number of nitrogens with zero attached hydrogens (tertiary/aromatic N) is 4. The van der Waals surface area contributed by atoms with E-state index in [0.29, 0.717) is 0 Å². The van der Waals surface area contributed by atoms with Gasteiger partial charge in [-0.2, -0.15) is 5.10 Å². The van der Waals surface area contributed by atoms with Crippen molar-refractivity contribution >= 4 is 23.1 Å². The summed E-state index contributed by atoms with van der Waals surface area (Å²) in [5, 5.41) is 5.98. The van der Waals surface area contributed by atoms with Crippen LogP contribution in [0.2, 0.25) is 0 Å². The molecular formula is C26H20N4. The Kier molecular flexibility index (Phi) is 4.88. The van der Waals surface area contributed by atoms with Crippen LogP contribution in [-0.2, 0) is 6.54 Å². The molecule has 3 heterocycles. The summed E-state index contributed by atoms with van der Waals surface area (Å²) in [6.07, 6.45) is 9.82. The fourth-order valence-electron chi connectivity index (χ4n) is 3.49. The van der Waals surface area contributed by atoms with E-state index in [1.54, 1.807) is 6.20 Å². The maximum Gasteiger partial charge on any atom is 0.101 e. The molecule has 0 bridgehead atoms. The molecule has 0 unspecified atom stereocenters. The Bertz CT molecular complexity index is 1300. The normalized spacial score (nSPS) is 11.3. The van der Waals surface area contributed by atoms with E-state index < -0.39 is 0 Å². The lowest BCUT2D eigenvalue weighted by atomic mass is 10.1. The number of para-hydroxylation sites is 1. The first kappa shape index (κ1) is 18.0. The van der Waals surface area contributed by atoms with Crippen molar-refractivity contribution in [3.05, 3.63) is 114 Å². The molecule has 0 saturated heterocycles.